The SMILES string of the molecule is C=CC1(S(=O)(=O)c2ccccc2)CC(O)C1. The van der Waals surface area contributed by atoms with Gasteiger partial charge in [0.15, 0.2) is 9.84 Å². The number of aliphatic hydroxyl groups is 1. The number of hydrogen-bond acceptors (Lipinski definition) is 3. The van der Waals surface area contributed by atoms with Gasteiger partial charge in [-0.25, -0.2) is 8.42 Å². The molecular formula is C12H14O3S. The van der Waals surface area contributed by atoms with Crippen molar-refractivity contribution >= 4 is 9.84 Å². The third-order valence-electron chi connectivity index (χ3n) is 3.12. The molecule has 0 spiro atoms. The summed E-state index contributed by atoms with van der Waals surface area (Å²) in [5, 5.41) is 9.31. The van der Waals surface area contributed by atoms with Crippen LogP contribution in [0.1, 0.15) is 12.8 Å². The highest BCUT2D eigenvalue weighted by molar-refractivity contribution is 7.93. The van der Waals surface area contributed by atoms with Crippen LogP contribution in [0.2, 0.25) is 0 Å². The van der Waals surface area contributed by atoms with Crippen LogP contribution in [0.3, 0.4) is 0 Å². The Bertz CT molecular complexity index is 484. The van der Waals surface area contributed by atoms with Crippen molar-refractivity contribution in [3.63, 3.8) is 0 Å². The van der Waals surface area contributed by atoms with Crippen molar-refractivity contribution in [2.24, 2.45) is 0 Å². The van der Waals surface area contributed by atoms with E-state index < -0.39 is 20.7 Å². The summed E-state index contributed by atoms with van der Waals surface area (Å²) in [5.41, 5.74) is 0. The minimum atomic E-state index is -3.42. The first-order chi connectivity index (χ1) is 7.52. The van der Waals surface area contributed by atoms with Gasteiger partial charge in [0, 0.05) is 0 Å². The molecule has 16 heavy (non-hydrogen) atoms. The summed E-state index contributed by atoms with van der Waals surface area (Å²) in [6.07, 6.45) is 1.40. The fourth-order valence-electron chi connectivity index (χ4n) is 2.07. The molecule has 1 aromatic carbocycles. The van der Waals surface area contributed by atoms with E-state index in [1.807, 2.05) is 0 Å². The molecule has 1 N–H and O–H groups in total. The normalized spacial score (nSPS) is 29.4. The molecule has 1 fully saturated rings. The van der Waals surface area contributed by atoms with Crippen molar-refractivity contribution in [1.82, 2.24) is 0 Å². The minimum absolute atomic E-state index is 0.244. The van der Waals surface area contributed by atoms with Crippen LogP contribution in [0, 0.1) is 0 Å². The van der Waals surface area contributed by atoms with Gasteiger partial charge in [0.2, 0.25) is 0 Å². The summed E-state index contributed by atoms with van der Waals surface area (Å²) >= 11 is 0. The second-order valence-electron chi connectivity index (χ2n) is 4.15. The third-order valence-corrected chi connectivity index (χ3v) is 5.59. The van der Waals surface area contributed by atoms with Gasteiger partial charge in [-0.05, 0) is 25.0 Å². The number of rotatable bonds is 3. The summed E-state index contributed by atoms with van der Waals surface area (Å²) in [6.45, 7) is 3.59. The van der Waals surface area contributed by atoms with E-state index in [9.17, 15) is 13.5 Å². The van der Waals surface area contributed by atoms with E-state index in [4.69, 9.17) is 0 Å². The molecule has 3 nitrogen and oxygen atoms in total. The summed E-state index contributed by atoms with van der Waals surface area (Å²) in [4.78, 5) is 0.293. The molecule has 0 bridgehead atoms. The second kappa shape index (κ2) is 3.71. The van der Waals surface area contributed by atoms with Gasteiger partial charge in [-0.3, -0.25) is 0 Å². The van der Waals surface area contributed by atoms with Crippen LogP contribution < -0.4 is 0 Å². The monoisotopic (exact) mass is 238 g/mol. The van der Waals surface area contributed by atoms with Crippen molar-refractivity contribution in [2.75, 3.05) is 0 Å². The Morgan fingerprint density at radius 1 is 1.31 bits per heavy atom. The lowest BCUT2D eigenvalue weighted by molar-refractivity contribution is 0.0741. The number of sulfone groups is 1. The smallest absolute Gasteiger partial charge is 0.187 e. The lowest BCUT2D eigenvalue weighted by atomic mass is 9.81. The summed E-state index contributed by atoms with van der Waals surface area (Å²) in [6, 6.07) is 8.31. The summed E-state index contributed by atoms with van der Waals surface area (Å²) in [7, 11) is -3.42. The van der Waals surface area contributed by atoms with E-state index in [1.165, 1.54) is 6.08 Å². The molecule has 0 amide bonds. The van der Waals surface area contributed by atoms with Crippen molar-refractivity contribution < 1.29 is 13.5 Å². The second-order valence-corrected chi connectivity index (χ2v) is 6.44. The first kappa shape index (κ1) is 11.4. The van der Waals surface area contributed by atoms with Crippen LogP contribution in [0.5, 0.6) is 0 Å². The lowest BCUT2D eigenvalue weighted by Gasteiger charge is -2.42. The van der Waals surface area contributed by atoms with E-state index in [0.717, 1.165) is 0 Å². The molecule has 1 aliphatic carbocycles. The Labute approximate surface area is 95.3 Å². The highest BCUT2D eigenvalue weighted by Crippen LogP contribution is 2.43. The van der Waals surface area contributed by atoms with E-state index in [2.05, 4.69) is 6.58 Å². The van der Waals surface area contributed by atoms with Gasteiger partial charge >= 0.3 is 0 Å². The standard InChI is InChI=1S/C12H14O3S/c1-2-12(8-10(13)9-12)16(14,15)11-6-4-3-5-7-11/h2-7,10,13H,1,8-9H2. The van der Waals surface area contributed by atoms with Crippen molar-refractivity contribution in [1.29, 1.82) is 0 Å². The van der Waals surface area contributed by atoms with Crippen molar-refractivity contribution in [3.05, 3.63) is 43.0 Å². The van der Waals surface area contributed by atoms with Crippen molar-refractivity contribution in [3.8, 4) is 0 Å². The first-order valence-electron chi connectivity index (χ1n) is 5.13. The fraction of sp³-hybridized carbons (Fsp3) is 0.333. The number of hydrogen-bond donors (Lipinski definition) is 1. The zero-order chi connectivity index (χ0) is 11.8. The summed E-state index contributed by atoms with van der Waals surface area (Å²) < 4.78 is 23.7. The molecular weight excluding hydrogens is 224 g/mol. The van der Waals surface area contributed by atoms with Gasteiger partial charge in [-0.15, -0.1) is 6.58 Å². The van der Waals surface area contributed by atoms with Crippen LogP contribution in [0.15, 0.2) is 47.9 Å². The van der Waals surface area contributed by atoms with Crippen LogP contribution in [-0.4, -0.2) is 24.4 Å². The maximum absolute atomic E-state index is 12.3. The Morgan fingerprint density at radius 2 is 1.88 bits per heavy atom. The van der Waals surface area contributed by atoms with E-state index in [-0.39, 0.29) is 12.8 Å². The van der Waals surface area contributed by atoms with Gasteiger partial charge in [0.1, 0.15) is 0 Å². The quantitative estimate of drug-likeness (QED) is 0.813. The van der Waals surface area contributed by atoms with E-state index in [1.54, 1.807) is 30.3 Å². The molecule has 0 saturated heterocycles. The highest BCUT2D eigenvalue weighted by Gasteiger charge is 2.51. The fourth-order valence-corrected chi connectivity index (χ4v) is 4.10. The van der Waals surface area contributed by atoms with Gasteiger partial charge in [-0.1, -0.05) is 24.3 Å². The highest BCUT2D eigenvalue weighted by atomic mass is 32.2. The predicted molar refractivity (Wildman–Crippen MR) is 61.8 cm³/mol. The van der Waals surface area contributed by atoms with Gasteiger partial charge in [0.25, 0.3) is 0 Å². The van der Waals surface area contributed by atoms with Crippen LogP contribution in [-0.2, 0) is 9.84 Å². The van der Waals surface area contributed by atoms with E-state index in [0.29, 0.717) is 4.90 Å². The number of benzene rings is 1. The molecule has 0 heterocycles. The molecule has 0 aromatic heterocycles. The van der Waals surface area contributed by atoms with Crippen molar-refractivity contribution in [2.45, 2.75) is 28.6 Å². The molecule has 1 aliphatic rings. The molecule has 1 aromatic rings. The molecule has 0 radical (unpaired) electrons. The Balaban J connectivity index is 2.44. The van der Waals surface area contributed by atoms with Gasteiger partial charge in [-0.2, -0.15) is 0 Å². The Kier molecular flexibility index (Phi) is 2.64. The van der Waals surface area contributed by atoms with Crippen LogP contribution >= 0.6 is 0 Å². The zero-order valence-corrected chi connectivity index (χ0v) is 9.65. The predicted octanol–water partition coefficient (Wildman–Crippen LogP) is 1.54. The Hall–Kier alpha value is -1.13. The maximum Gasteiger partial charge on any atom is 0.187 e. The molecule has 0 atom stereocenters. The molecule has 86 valence electrons. The molecule has 0 unspecified atom stereocenters. The van der Waals surface area contributed by atoms with Crippen LogP contribution in [0.25, 0.3) is 0 Å². The third kappa shape index (κ3) is 1.49. The van der Waals surface area contributed by atoms with E-state index >= 15 is 0 Å². The maximum atomic E-state index is 12.3. The molecule has 2 rings (SSSR count). The lowest BCUT2D eigenvalue weighted by Crippen LogP contribution is -2.51. The average Bonchev–Trinajstić information content (AvgIpc) is 2.25. The van der Waals surface area contributed by atoms with Crippen LogP contribution in [0.4, 0.5) is 0 Å². The Morgan fingerprint density at radius 3 is 2.31 bits per heavy atom. The molecule has 4 heteroatoms. The topological polar surface area (TPSA) is 54.4 Å². The largest absolute Gasteiger partial charge is 0.393 e. The molecule has 1 saturated carbocycles. The average molecular weight is 238 g/mol. The van der Waals surface area contributed by atoms with Gasteiger partial charge in [0.05, 0.1) is 15.7 Å². The zero-order valence-electron chi connectivity index (χ0n) is 8.83. The molecule has 0 aliphatic heterocycles. The summed E-state index contributed by atoms with van der Waals surface area (Å²) in [5.74, 6) is 0. The minimum Gasteiger partial charge on any atom is -0.393 e. The number of aliphatic hydroxyl groups excluding tert-OH is 1. The van der Waals surface area contributed by atoms with Gasteiger partial charge < -0.3 is 5.11 Å². The first-order valence-corrected chi connectivity index (χ1v) is 6.61.